The van der Waals surface area contributed by atoms with E-state index in [0.29, 0.717) is 16.9 Å². The van der Waals surface area contributed by atoms with Gasteiger partial charge in [0.2, 0.25) is 0 Å². The number of piperidine rings is 1. The smallest absolute Gasteiger partial charge is 0.407 e. The van der Waals surface area contributed by atoms with E-state index in [1.165, 1.54) is 6.07 Å². The molecule has 2 rings (SSSR count). The van der Waals surface area contributed by atoms with Gasteiger partial charge < -0.3 is 15.0 Å². The van der Waals surface area contributed by atoms with Crippen molar-refractivity contribution in [1.29, 1.82) is 0 Å². The van der Waals surface area contributed by atoms with Crippen LogP contribution in [0.15, 0.2) is 22.7 Å². The van der Waals surface area contributed by atoms with Crippen LogP contribution in [-0.4, -0.2) is 42.8 Å². The van der Waals surface area contributed by atoms with E-state index < -0.39 is 5.60 Å². The van der Waals surface area contributed by atoms with Crippen molar-refractivity contribution in [2.24, 2.45) is 5.92 Å². The lowest BCUT2D eigenvalue weighted by molar-refractivity contribution is 0.0510. The van der Waals surface area contributed by atoms with Crippen LogP contribution in [0.4, 0.5) is 9.18 Å². The molecule has 25 heavy (non-hydrogen) atoms. The molecule has 0 aromatic heterocycles. The summed E-state index contributed by atoms with van der Waals surface area (Å²) in [6.45, 7) is 9.31. The lowest BCUT2D eigenvalue weighted by Crippen LogP contribution is -2.40. The van der Waals surface area contributed by atoms with Crippen LogP contribution in [0.5, 0.6) is 0 Å². The Morgan fingerprint density at radius 3 is 2.64 bits per heavy atom. The Balaban J connectivity index is 1.66. The number of alkyl carbamates (subject to hydrolysis) is 1. The van der Waals surface area contributed by atoms with Crippen LogP contribution in [-0.2, 0) is 11.2 Å². The number of likely N-dealkylation sites (tertiary alicyclic amines) is 1. The highest BCUT2D eigenvalue weighted by molar-refractivity contribution is 9.10. The Labute approximate surface area is 158 Å². The molecular weight excluding hydrogens is 387 g/mol. The molecule has 1 aromatic carbocycles. The van der Waals surface area contributed by atoms with Gasteiger partial charge in [0, 0.05) is 13.1 Å². The summed E-state index contributed by atoms with van der Waals surface area (Å²) in [7, 11) is 0. The summed E-state index contributed by atoms with van der Waals surface area (Å²) in [5.74, 6) is 0.283. The van der Waals surface area contributed by atoms with E-state index in [1.807, 2.05) is 32.9 Å². The summed E-state index contributed by atoms with van der Waals surface area (Å²) in [5, 5.41) is 2.87. The van der Waals surface area contributed by atoms with Crippen LogP contribution in [0.1, 0.15) is 39.2 Å². The lowest BCUT2D eigenvalue weighted by atomic mass is 9.96. The van der Waals surface area contributed by atoms with Crippen molar-refractivity contribution in [1.82, 2.24) is 10.2 Å². The van der Waals surface area contributed by atoms with Gasteiger partial charge in [0.1, 0.15) is 11.4 Å². The van der Waals surface area contributed by atoms with E-state index in [-0.39, 0.29) is 11.9 Å². The molecule has 1 aliphatic rings. The van der Waals surface area contributed by atoms with E-state index >= 15 is 0 Å². The summed E-state index contributed by atoms with van der Waals surface area (Å²) in [6.07, 6.45) is 2.72. The lowest BCUT2D eigenvalue weighted by Gasteiger charge is -2.32. The largest absolute Gasteiger partial charge is 0.444 e. The van der Waals surface area contributed by atoms with Crippen LogP contribution in [0.25, 0.3) is 0 Å². The minimum atomic E-state index is -0.456. The Morgan fingerprint density at radius 1 is 1.36 bits per heavy atom. The highest BCUT2D eigenvalue weighted by atomic mass is 79.9. The number of amides is 1. The molecule has 4 nitrogen and oxygen atoms in total. The maximum absolute atomic E-state index is 13.3. The number of nitrogens with zero attached hydrogens (tertiary/aromatic N) is 1. The van der Waals surface area contributed by atoms with Crippen molar-refractivity contribution in [2.45, 2.75) is 45.6 Å². The molecule has 1 heterocycles. The van der Waals surface area contributed by atoms with Crippen LogP contribution < -0.4 is 5.32 Å². The van der Waals surface area contributed by atoms with Crippen LogP contribution in [0.3, 0.4) is 0 Å². The first-order chi connectivity index (χ1) is 11.7. The van der Waals surface area contributed by atoms with Crippen LogP contribution in [0.2, 0.25) is 0 Å². The van der Waals surface area contributed by atoms with E-state index in [1.54, 1.807) is 0 Å². The molecular formula is C19H28BrFN2O2. The van der Waals surface area contributed by atoms with Crippen molar-refractivity contribution in [3.05, 3.63) is 34.1 Å². The third-order valence-corrected chi connectivity index (χ3v) is 4.95. The molecule has 140 valence electrons. The molecule has 0 unspecified atom stereocenters. The number of nitrogens with one attached hydrogen (secondary N) is 1. The van der Waals surface area contributed by atoms with Gasteiger partial charge in [0.25, 0.3) is 0 Å². The van der Waals surface area contributed by atoms with Gasteiger partial charge in [-0.2, -0.15) is 0 Å². The average Bonchev–Trinajstić information content (AvgIpc) is 2.53. The molecule has 0 atom stereocenters. The van der Waals surface area contributed by atoms with Crippen molar-refractivity contribution in [3.63, 3.8) is 0 Å². The van der Waals surface area contributed by atoms with E-state index in [4.69, 9.17) is 4.74 Å². The molecule has 0 saturated carbocycles. The molecule has 0 aliphatic carbocycles. The monoisotopic (exact) mass is 414 g/mol. The number of hydrogen-bond acceptors (Lipinski definition) is 3. The fourth-order valence-electron chi connectivity index (χ4n) is 2.94. The first kappa shape index (κ1) is 20.2. The summed E-state index contributed by atoms with van der Waals surface area (Å²) >= 11 is 3.23. The minimum Gasteiger partial charge on any atom is -0.444 e. The molecule has 0 radical (unpaired) electrons. The summed E-state index contributed by atoms with van der Waals surface area (Å²) in [4.78, 5) is 14.1. The topological polar surface area (TPSA) is 41.6 Å². The zero-order chi connectivity index (χ0) is 18.4. The Kier molecular flexibility index (Phi) is 7.25. The van der Waals surface area contributed by atoms with Crippen molar-refractivity contribution in [3.8, 4) is 0 Å². The molecule has 1 aromatic rings. The fraction of sp³-hybridized carbons (Fsp3) is 0.632. The highest BCUT2D eigenvalue weighted by Gasteiger charge is 2.21. The van der Waals surface area contributed by atoms with Gasteiger partial charge in [-0.3, -0.25) is 0 Å². The predicted octanol–water partition coefficient (Wildman–Crippen LogP) is 4.37. The van der Waals surface area contributed by atoms with E-state index in [9.17, 15) is 9.18 Å². The van der Waals surface area contributed by atoms with Gasteiger partial charge in [-0.25, -0.2) is 9.18 Å². The fourth-order valence-corrected chi connectivity index (χ4v) is 3.36. The van der Waals surface area contributed by atoms with Gasteiger partial charge in [0.05, 0.1) is 4.47 Å². The highest BCUT2D eigenvalue weighted by Crippen LogP contribution is 2.19. The second kappa shape index (κ2) is 8.99. The molecule has 0 spiro atoms. The molecule has 0 bridgehead atoms. The second-order valence-electron chi connectivity index (χ2n) is 7.67. The van der Waals surface area contributed by atoms with Gasteiger partial charge in [-0.1, -0.05) is 6.07 Å². The third-order valence-electron chi connectivity index (χ3n) is 4.34. The number of rotatable bonds is 5. The van der Waals surface area contributed by atoms with Crippen LogP contribution >= 0.6 is 15.9 Å². The second-order valence-corrected chi connectivity index (χ2v) is 8.52. The molecule has 1 saturated heterocycles. The van der Waals surface area contributed by atoms with E-state index in [0.717, 1.165) is 44.5 Å². The van der Waals surface area contributed by atoms with E-state index in [2.05, 4.69) is 26.1 Å². The first-order valence-corrected chi connectivity index (χ1v) is 9.65. The molecule has 1 aliphatic heterocycles. The Bertz CT molecular complexity index is 581. The zero-order valence-electron chi connectivity index (χ0n) is 15.3. The van der Waals surface area contributed by atoms with Crippen molar-refractivity contribution in [2.75, 3.05) is 26.2 Å². The molecule has 1 fully saturated rings. The van der Waals surface area contributed by atoms with Crippen molar-refractivity contribution >= 4 is 22.0 Å². The molecule has 1 N–H and O–H groups in total. The predicted molar refractivity (Wildman–Crippen MR) is 101 cm³/mol. The SMILES string of the molecule is CC(C)(C)OC(=O)NCC1CCN(CCc2ccc(F)c(Br)c2)CC1. The number of carbonyl (C=O) groups is 1. The summed E-state index contributed by atoms with van der Waals surface area (Å²) < 4.78 is 19.1. The van der Waals surface area contributed by atoms with Gasteiger partial charge in [-0.05, 0) is 92.7 Å². The number of benzene rings is 1. The van der Waals surface area contributed by atoms with Gasteiger partial charge in [0.15, 0.2) is 0 Å². The average molecular weight is 415 g/mol. The normalized spacial score (nSPS) is 16.7. The first-order valence-electron chi connectivity index (χ1n) is 8.86. The summed E-state index contributed by atoms with van der Waals surface area (Å²) in [6, 6.07) is 5.21. The van der Waals surface area contributed by atoms with Gasteiger partial charge >= 0.3 is 6.09 Å². The van der Waals surface area contributed by atoms with Crippen molar-refractivity contribution < 1.29 is 13.9 Å². The molecule has 1 amide bonds. The Hall–Kier alpha value is -1.14. The number of carbonyl (C=O) groups excluding carboxylic acids is 1. The molecule has 6 heteroatoms. The maximum atomic E-state index is 13.3. The minimum absolute atomic E-state index is 0.220. The summed E-state index contributed by atoms with van der Waals surface area (Å²) in [5.41, 5.74) is 0.685. The zero-order valence-corrected chi connectivity index (χ0v) is 16.9. The number of ether oxygens (including phenoxy) is 1. The van der Waals surface area contributed by atoms with Crippen LogP contribution in [0, 0.1) is 11.7 Å². The quantitative estimate of drug-likeness (QED) is 0.777. The van der Waals surface area contributed by atoms with Gasteiger partial charge in [-0.15, -0.1) is 0 Å². The Morgan fingerprint density at radius 2 is 2.04 bits per heavy atom. The number of hydrogen-bond donors (Lipinski definition) is 1. The standard InChI is InChI=1S/C19H28BrFN2O2/c1-19(2,3)25-18(24)22-13-15-7-10-23(11-8-15)9-6-14-4-5-17(21)16(20)12-14/h4-5,12,15H,6-11,13H2,1-3H3,(H,22,24). The maximum Gasteiger partial charge on any atom is 0.407 e. The third kappa shape index (κ3) is 7.32. The number of halogens is 2.